The summed E-state index contributed by atoms with van der Waals surface area (Å²) in [5.74, 6) is -1.46. The lowest BCUT2D eigenvalue weighted by molar-refractivity contribution is -0.129. The van der Waals surface area contributed by atoms with Crippen LogP contribution < -0.4 is 32.7 Å². The number of amides is 5. The molecule has 0 unspecified atom stereocenters. The van der Waals surface area contributed by atoms with E-state index in [-0.39, 0.29) is 69.3 Å². The van der Waals surface area contributed by atoms with Gasteiger partial charge in [0.15, 0.2) is 0 Å². The molecule has 2 atom stereocenters. The Morgan fingerprint density at radius 1 is 0.313 bits per heavy atom. The van der Waals surface area contributed by atoms with Gasteiger partial charge in [0.25, 0.3) is 0 Å². The van der Waals surface area contributed by atoms with Crippen molar-refractivity contribution in [3.8, 4) is 0 Å². The molecular formula is C76H102N6O17. The fourth-order valence-corrected chi connectivity index (χ4v) is 11.8. The Hall–Kier alpha value is -7.33. The maximum absolute atomic E-state index is 14.1. The highest BCUT2D eigenvalue weighted by atomic mass is 16.6. The van der Waals surface area contributed by atoms with Gasteiger partial charge in [0, 0.05) is 51.7 Å². The molecule has 8 aromatic rings. The third-order valence-electron chi connectivity index (χ3n) is 16.8. The molecule has 0 aliphatic heterocycles. The van der Waals surface area contributed by atoms with Crippen LogP contribution in [-0.2, 0) is 93.7 Å². The van der Waals surface area contributed by atoms with E-state index in [1.807, 2.05) is 0 Å². The first-order chi connectivity index (χ1) is 48.7. The highest BCUT2D eigenvalue weighted by molar-refractivity contribution is 6.24. The van der Waals surface area contributed by atoms with Crippen LogP contribution in [0.4, 0.5) is 0 Å². The van der Waals surface area contributed by atoms with Gasteiger partial charge in [-0.3, -0.25) is 24.0 Å². The quantitative estimate of drug-likeness (QED) is 0.0162. The Kier molecular flexibility index (Phi) is 35.5. The summed E-state index contributed by atoms with van der Waals surface area (Å²) >= 11 is 0. The molecule has 8 rings (SSSR count). The molecule has 0 aromatic heterocycles. The molecular weight excluding hydrogens is 1270 g/mol. The number of hydrogen-bond acceptors (Lipinski definition) is 18. The molecule has 0 heterocycles. The normalized spacial score (nSPS) is 12.4. The average Bonchev–Trinajstić information content (AvgIpc) is 0.751. The van der Waals surface area contributed by atoms with E-state index in [9.17, 15) is 24.0 Å². The van der Waals surface area contributed by atoms with Gasteiger partial charge in [-0.1, -0.05) is 128 Å². The van der Waals surface area contributed by atoms with Crippen molar-refractivity contribution in [3.63, 3.8) is 0 Å². The van der Waals surface area contributed by atoms with Crippen LogP contribution in [0.5, 0.6) is 0 Å². The number of unbranched alkanes of at least 4 members (excludes halogenated alkanes) is 4. The van der Waals surface area contributed by atoms with Crippen LogP contribution in [0.2, 0.25) is 0 Å². The number of carbonyl (C=O) groups excluding carboxylic acids is 5. The van der Waals surface area contributed by atoms with Crippen molar-refractivity contribution in [3.05, 3.63) is 120 Å². The van der Waals surface area contributed by atoms with Crippen LogP contribution in [-0.4, -0.2) is 220 Å². The number of rotatable bonds is 57. The Balaban J connectivity index is 0.735. The second-order valence-corrected chi connectivity index (χ2v) is 24.0. The summed E-state index contributed by atoms with van der Waals surface area (Å²) in [5.41, 5.74) is 12.4. The van der Waals surface area contributed by atoms with Crippen molar-refractivity contribution in [1.29, 1.82) is 0 Å². The lowest BCUT2D eigenvalue weighted by atomic mass is 9.90. The largest absolute Gasteiger partial charge is 0.379 e. The smallest absolute Gasteiger partial charge is 0.243 e. The molecule has 0 fully saturated rings. The molecule has 99 heavy (non-hydrogen) atoms. The number of ether oxygens (including phenoxy) is 12. The standard InChI is InChI=1S/C76H102N6O17/c77-27-32-90-36-40-94-44-48-98-52-50-97-47-43-93-39-35-89-31-26-70(85)82-66(54-62-19-17-60-15-13-56-8-6-10-58-21-23-64(62)73(60)71(56)58)75(86)79-28-5-3-1-2-4-12-69(84)81-67(55-63-20-18-61-16-14-57-9-7-11-59-22-24-65(63)74(61)72(57)59)76(87)80-29-33-91-37-41-95-45-49-99-53-51-96-46-42-92-38-34-88-30-25-68(78)83/h6-11,13-24,66-67H,1-5,12,25-55,77H2,(H2,78,83)(H,79,86)(H,80,87)(H,81,84)(H,82,85)/t66-,67-/m0/s1. The van der Waals surface area contributed by atoms with E-state index in [0.717, 1.165) is 84.3 Å². The molecule has 5 amide bonds. The van der Waals surface area contributed by atoms with E-state index in [2.05, 4.69) is 130 Å². The molecule has 8 N–H and O–H groups in total. The van der Waals surface area contributed by atoms with E-state index in [0.29, 0.717) is 178 Å². The minimum absolute atomic E-state index is 0.0675. The predicted molar refractivity (Wildman–Crippen MR) is 383 cm³/mol. The maximum atomic E-state index is 14.1. The predicted octanol–water partition coefficient (Wildman–Crippen LogP) is 7.23. The minimum Gasteiger partial charge on any atom is -0.379 e. The molecule has 23 heteroatoms. The van der Waals surface area contributed by atoms with Gasteiger partial charge in [0.2, 0.25) is 29.5 Å². The minimum atomic E-state index is -0.836. The SMILES string of the molecule is NCCOCCOCCOCCOCCOCCOCCC(=O)N[C@@H](Cc1ccc2ccc3cccc4ccc1c2c34)C(=O)NCCCCCCCC(=O)N[C@@H](Cc1ccc2ccc3cccc4ccc1c2c34)C(=O)NCCOCCOCCOCCOCCOCCOCCC(N)=O. The molecule has 0 saturated carbocycles. The summed E-state index contributed by atoms with van der Waals surface area (Å²) in [7, 11) is 0. The number of nitrogens with two attached hydrogens (primary N) is 2. The van der Waals surface area contributed by atoms with Crippen LogP contribution >= 0.6 is 0 Å². The zero-order valence-electron chi connectivity index (χ0n) is 57.3. The molecule has 0 radical (unpaired) electrons. The fourth-order valence-electron chi connectivity index (χ4n) is 11.8. The Morgan fingerprint density at radius 2 is 0.626 bits per heavy atom. The van der Waals surface area contributed by atoms with Gasteiger partial charge >= 0.3 is 0 Å². The van der Waals surface area contributed by atoms with Crippen LogP contribution in [0, 0.1) is 0 Å². The summed E-state index contributed by atoms with van der Waals surface area (Å²) in [4.78, 5) is 66.1. The molecule has 8 aromatic carbocycles. The van der Waals surface area contributed by atoms with E-state index in [4.69, 9.17) is 68.3 Å². The van der Waals surface area contributed by atoms with Crippen molar-refractivity contribution in [2.45, 2.75) is 76.3 Å². The van der Waals surface area contributed by atoms with Crippen molar-refractivity contribution in [1.82, 2.24) is 21.3 Å². The van der Waals surface area contributed by atoms with Crippen LogP contribution in [0.25, 0.3) is 64.6 Å². The number of nitrogens with one attached hydrogen (secondary N) is 4. The Morgan fingerprint density at radius 3 is 1.03 bits per heavy atom. The second kappa shape index (κ2) is 45.4. The lowest BCUT2D eigenvalue weighted by Crippen LogP contribution is -2.48. The topological polar surface area (TPSA) is 296 Å². The summed E-state index contributed by atoms with van der Waals surface area (Å²) < 4.78 is 66.4. The molecule has 0 aliphatic carbocycles. The van der Waals surface area contributed by atoms with E-state index >= 15 is 0 Å². The summed E-state index contributed by atoms with van der Waals surface area (Å²) in [6.07, 6.45) is 4.87. The van der Waals surface area contributed by atoms with Crippen molar-refractivity contribution >= 4 is 94.2 Å². The first-order valence-electron chi connectivity index (χ1n) is 35.0. The Labute approximate surface area is 580 Å². The van der Waals surface area contributed by atoms with Gasteiger partial charge in [0.05, 0.1) is 159 Å². The number of benzene rings is 8. The van der Waals surface area contributed by atoms with Gasteiger partial charge in [-0.2, -0.15) is 0 Å². The highest BCUT2D eigenvalue weighted by Crippen LogP contribution is 2.38. The van der Waals surface area contributed by atoms with Crippen molar-refractivity contribution < 1.29 is 80.8 Å². The van der Waals surface area contributed by atoms with Crippen molar-refractivity contribution in [2.75, 3.05) is 178 Å². The summed E-state index contributed by atoms with van der Waals surface area (Å²) in [5, 5.41) is 25.7. The zero-order chi connectivity index (χ0) is 69.3. The number of hydrogen-bond donors (Lipinski definition) is 6. The van der Waals surface area contributed by atoms with E-state index in [1.165, 1.54) is 10.8 Å². The van der Waals surface area contributed by atoms with Gasteiger partial charge in [-0.25, -0.2) is 0 Å². The van der Waals surface area contributed by atoms with Crippen LogP contribution in [0.1, 0.15) is 62.5 Å². The van der Waals surface area contributed by atoms with Crippen LogP contribution in [0.3, 0.4) is 0 Å². The first-order valence-corrected chi connectivity index (χ1v) is 35.0. The van der Waals surface area contributed by atoms with Gasteiger partial charge in [0.1, 0.15) is 12.1 Å². The van der Waals surface area contributed by atoms with Crippen molar-refractivity contribution in [2.24, 2.45) is 11.5 Å². The average molecular weight is 1370 g/mol. The molecule has 0 spiro atoms. The van der Waals surface area contributed by atoms with E-state index in [1.54, 1.807) is 0 Å². The second-order valence-electron chi connectivity index (χ2n) is 24.0. The maximum Gasteiger partial charge on any atom is 0.243 e. The molecule has 0 saturated heterocycles. The number of primary amides is 1. The monoisotopic (exact) mass is 1370 g/mol. The van der Waals surface area contributed by atoms with Gasteiger partial charge < -0.3 is 89.6 Å². The lowest BCUT2D eigenvalue weighted by Gasteiger charge is -2.21. The van der Waals surface area contributed by atoms with Gasteiger partial charge in [-0.05, 0) is 88.6 Å². The molecule has 538 valence electrons. The highest BCUT2D eigenvalue weighted by Gasteiger charge is 2.25. The fraction of sp³-hybridized carbons (Fsp3) is 0.513. The van der Waals surface area contributed by atoms with Gasteiger partial charge in [-0.15, -0.1) is 0 Å². The molecule has 0 bridgehead atoms. The molecule has 23 nitrogen and oxygen atoms in total. The summed E-state index contributed by atoms with van der Waals surface area (Å²) in [6, 6.07) is 36.2. The first kappa shape index (κ1) is 77.4. The molecule has 0 aliphatic rings. The number of carbonyl (C=O) groups is 5. The van der Waals surface area contributed by atoms with Crippen LogP contribution in [0.15, 0.2) is 109 Å². The third kappa shape index (κ3) is 26.9. The third-order valence-corrected chi connectivity index (χ3v) is 16.8. The summed E-state index contributed by atoms with van der Waals surface area (Å²) in [6.45, 7) is 10.6. The zero-order valence-corrected chi connectivity index (χ0v) is 57.3. The van der Waals surface area contributed by atoms with E-state index < -0.39 is 18.0 Å². The Bertz CT molecular complexity index is 3620.